The van der Waals surface area contributed by atoms with Crippen LogP contribution in [0.15, 0.2) is 43.0 Å². The van der Waals surface area contributed by atoms with Crippen LogP contribution in [0.1, 0.15) is 25.5 Å². The Hall–Kier alpha value is -2.67. The molecule has 7 heteroatoms. The third kappa shape index (κ3) is 2.91. The van der Waals surface area contributed by atoms with E-state index in [4.69, 9.17) is 0 Å². The Bertz CT molecular complexity index is 880. The molecule has 1 unspecified atom stereocenters. The van der Waals surface area contributed by atoms with Crippen molar-refractivity contribution in [3.8, 4) is 0 Å². The van der Waals surface area contributed by atoms with E-state index < -0.39 is 5.54 Å². The van der Waals surface area contributed by atoms with Gasteiger partial charge in [0.15, 0.2) is 0 Å². The topological polar surface area (TPSA) is 67.5 Å². The molecule has 0 aliphatic carbocycles. The fourth-order valence-corrected chi connectivity index (χ4v) is 3.39. The molecule has 3 aromatic heterocycles. The summed E-state index contributed by atoms with van der Waals surface area (Å²) in [5, 5.41) is 7.34. The summed E-state index contributed by atoms with van der Waals surface area (Å²) >= 11 is 0. The maximum absolute atomic E-state index is 12.6. The number of fused-ring (bicyclic) bond motifs is 1. The second kappa shape index (κ2) is 6.00. The molecule has 1 amide bonds. The maximum Gasteiger partial charge on any atom is 0.244 e. The van der Waals surface area contributed by atoms with Gasteiger partial charge in [-0.1, -0.05) is 6.07 Å². The van der Waals surface area contributed by atoms with Gasteiger partial charge >= 0.3 is 0 Å². The number of imidazole rings is 1. The van der Waals surface area contributed by atoms with Gasteiger partial charge in [0.1, 0.15) is 5.65 Å². The van der Waals surface area contributed by atoms with Crippen molar-refractivity contribution in [3.63, 3.8) is 0 Å². The number of anilines is 1. The third-order valence-corrected chi connectivity index (χ3v) is 5.12. The Balaban J connectivity index is 1.46. The van der Waals surface area contributed by atoms with Crippen LogP contribution in [0.3, 0.4) is 0 Å². The average molecular weight is 338 g/mol. The first kappa shape index (κ1) is 15.8. The van der Waals surface area contributed by atoms with E-state index in [1.54, 1.807) is 10.9 Å². The molecule has 0 saturated carbocycles. The van der Waals surface area contributed by atoms with E-state index in [9.17, 15) is 4.79 Å². The molecule has 0 aromatic carbocycles. The summed E-state index contributed by atoms with van der Waals surface area (Å²) in [6, 6.07) is 5.91. The zero-order valence-electron chi connectivity index (χ0n) is 14.5. The van der Waals surface area contributed by atoms with E-state index >= 15 is 0 Å². The number of nitrogens with one attached hydrogen (secondary N) is 1. The summed E-state index contributed by atoms with van der Waals surface area (Å²) in [6.07, 6.45) is 9.42. The first-order chi connectivity index (χ1) is 12.0. The number of nitrogens with zero attached hydrogens (tertiary/aromatic N) is 5. The Morgan fingerprint density at radius 1 is 1.36 bits per heavy atom. The summed E-state index contributed by atoms with van der Waals surface area (Å²) < 4.78 is 3.77. The van der Waals surface area contributed by atoms with Crippen molar-refractivity contribution in [1.29, 1.82) is 0 Å². The SMILES string of the molecule is CN1CCCC1(C)C(=O)Nc1cnn(Cc2cn3ccccc3n2)c1. The van der Waals surface area contributed by atoms with Gasteiger partial charge in [-0.25, -0.2) is 4.98 Å². The Labute approximate surface area is 146 Å². The van der Waals surface area contributed by atoms with Gasteiger partial charge in [-0.05, 0) is 45.5 Å². The maximum atomic E-state index is 12.6. The molecule has 0 bridgehead atoms. The molecular formula is C18H22N6O. The molecule has 3 aromatic rings. The molecule has 4 heterocycles. The lowest BCUT2D eigenvalue weighted by Gasteiger charge is -2.30. The zero-order chi connectivity index (χ0) is 17.4. The van der Waals surface area contributed by atoms with Crippen molar-refractivity contribution in [1.82, 2.24) is 24.1 Å². The second-order valence-electron chi connectivity index (χ2n) is 6.88. The lowest BCUT2D eigenvalue weighted by molar-refractivity contribution is -0.124. The first-order valence-corrected chi connectivity index (χ1v) is 8.52. The van der Waals surface area contributed by atoms with Gasteiger partial charge in [0.25, 0.3) is 0 Å². The highest BCUT2D eigenvalue weighted by Gasteiger charge is 2.40. The Kier molecular flexibility index (Phi) is 3.80. The van der Waals surface area contributed by atoms with Crippen LogP contribution in [0, 0.1) is 0 Å². The van der Waals surface area contributed by atoms with E-state index in [0.717, 1.165) is 36.4 Å². The van der Waals surface area contributed by atoms with E-state index in [1.165, 1.54) is 0 Å². The molecule has 0 spiro atoms. The predicted octanol–water partition coefficient (Wildman–Crippen LogP) is 2.00. The van der Waals surface area contributed by atoms with E-state index in [2.05, 4.69) is 20.3 Å². The van der Waals surface area contributed by atoms with Gasteiger partial charge in [-0.2, -0.15) is 5.10 Å². The highest BCUT2D eigenvalue weighted by molar-refractivity contribution is 5.97. The molecule has 1 atom stereocenters. The Morgan fingerprint density at radius 2 is 2.24 bits per heavy atom. The number of likely N-dealkylation sites (tertiary alicyclic amines) is 1. The molecule has 130 valence electrons. The minimum absolute atomic E-state index is 0.0276. The number of amides is 1. The minimum Gasteiger partial charge on any atom is -0.322 e. The van der Waals surface area contributed by atoms with Gasteiger partial charge in [-0.3, -0.25) is 14.4 Å². The summed E-state index contributed by atoms with van der Waals surface area (Å²) in [6.45, 7) is 3.52. The molecule has 7 nitrogen and oxygen atoms in total. The number of likely N-dealkylation sites (N-methyl/N-ethyl adjacent to an activating group) is 1. The van der Waals surface area contributed by atoms with Gasteiger partial charge in [0.2, 0.25) is 5.91 Å². The van der Waals surface area contributed by atoms with E-state index in [-0.39, 0.29) is 5.91 Å². The van der Waals surface area contributed by atoms with Crippen molar-refractivity contribution in [2.24, 2.45) is 0 Å². The van der Waals surface area contributed by atoms with Crippen molar-refractivity contribution in [2.45, 2.75) is 31.8 Å². The van der Waals surface area contributed by atoms with Gasteiger partial charge in [0.05, 0.1) is 29.7 Å². The predicted molar refractivity (Wildman–Crippen MR) is 95.4 cm³/mol. The molecule has 1 N–H and O–H groups in total. The molecular weight excluding hydrogens is 316 g/mol. The average Bonchev–Trinajstić information content (AvgIpc) is 3.28. The molecule has 1 aliphatic rings. The van der Waals surface area contributed by atoms with Crippen LogP contribution < -0.4 is 5.32 Å². The highest BCUT2D eigenvalue weighted by Crippen LogP contribution is 2.28. The number of hydrogen-bond acceptors (Lipinski definition) is 4. The van der Waals surface area contributed by atoms with E-state index in [1.807, 2.05) is 55.2 Å². The van der Waals surface area contributed by atoms with Crippen LogP contribution >= 0.6 is 0 Å². The third-order valence-electron chi connectivity index (χ3n) is 5.12. The summed E-state index contributed by atoms with van der Waals surface area (Å²) in [7, 11) is 2.00. The van der Waals surface area contributed by atoms with Crippen LogP contribution in [-0.4, -0.2) is 49.1 Å². The van der Waals surface area contributed by atoms with Gasteiger partial charge < -0.3 is 9.72 Å². The zero-order valence-corrected chi connectivity index (χ0v) is 14.5. The number of carbonyl (C=O) groups excluding carboxylic acids is 1. The van der Waals surface area contributed by atoms with Crippen molar-refractivity contribution in [3.05, 3.63) is 48.7 Å². The normalized spacial score (nSPS) is 21.0. The molecule has 25 heavy (non-hydrogen) atoms. The van der Waals surface area contributed by atoms with Crippen LogP contribution in [0.5, 0.6) is 0 Å². The standard InChI is InChI=1S/C18H22N6O/c1-18(7-5-8-22(18)2)17(25)21-14-10-19-24(12-14)13-15-11-23-9-4-3-6-16(23)20-15/h3-4,6,9-12H,5,7-8,13H2,1-2H3,(H,21,25). The summed E-state index contributed by atoms with van der Waals surface area (Å²) in [5.74, 6) is 0.0276. The molecule has 1 fully saturated rings. The second-order valence-corrected chi connectivity index (χ2v) is 6.88. The van der Waals surface area contributed by atoms with E-state index in [0.29, 0.717) is 6.54 Å². The van der Waals surface area contributed by atoms with Crippen molar-refractivity contribution in [2.75, 3.05) is 18.9 Å². The monoisotopic (exact) mass is 338 g/mol. The smallest absolute Gasteiger partial charge is 0.244 e. The van der Waals surface area contributed by atoms with Crippen LogP contribution in [0.2, 0.25) is 0 Å². The van der Waals surface area contributed by atoms with Crippen LogP contribution in [0.4, 0.5) is 5.69 Å². The number of rotatable bonds is 4. The number of carbonyl (C=O) groups is 1. The van der Waals surface area contributed by atoms with Crippen LogP contribution in [0.25, 0.3) is 5.65 Å². The number of hydrogen-bond donors (Lipinski definition) is 1. The van der Waals surface area contributed by atoms with Crippen molar-refractivity contribution < 1.29 is 4.79 Å². The molecule has 1 saturated heterocycles. The molecule has 1 aliphatic heterocycles. The number of aromatic nitrogens is 4. The highest BCUT2D eigenvalue weighted by atomic mass is 16.2. The van der Waals surface area contributed by atoms with Crippen LogP contribution in [-0.2, 0) is 11.3 Å². The first-order valence-electron chi connectivity index (χ1n) is 8.52. The van der Waals surface area contributed by atoms with Gasteiger partial charge in [-0.15, -0.1) is 0 Å². The minimum atomic E-state index is -0.441. The fraction of sp³-hybridized carbons (Fsp3) is 0.389. The Morgan fingerprint density at radius 3 is 3.00 bits per heavy atom. The summed E-state index contributed by atoms with van der Waals surface area (Å²) in [4.78, 5) is 19.3. The number of pyridine rings is 1. The molecule has 0 radical (unpaired) electrons. The lowest BCUT2D eigenvalue weighted by atomic mass is 9.98. The van der Waals surface area contributed by atoms with Gasteiger partial charge in [0, 0.05) is 18.6 Å². The summed E-state index contributed by atoms with van der Waals surface area (Å²) in [5.41, 5.74) is 2.12. The van der Waals surface area contributed by atoms with Crippen molar-refractivity contribution >= 4 is 17.2 Å². The quantitative estimate of drug-likeness (QED) is 0.790. The molecule has 4 rings (SSSR count). The fourth-order valence-electron chi connectivity index (χ4n) is 3.39. The largest absolute Gasteiger partial charge is 0.322 e. The lowest BCUT2D eigenvalue weighted by Crippen LogP contribution is -2.48.